The molecule has 0 N–H and O–H groups in total. The third-order valence-electron chi connectivity index (χ3n) is 15.1. The van der Waals surface area contributed by atoms with Gasteiger partial charge in [0.1, 0.15) is 0 Å². The summed E-state index contributed by atoms with van der Waals surface area (Å²) in [6, 6.07) is 20.8. The monoisotopic (exact) mass is 1310 g/mol. The van der Waals surface area contributed by atoms with Gasteiger partial charge in [-0.2, -0.15) is 10.2 Å². The van der Waals surface area contributed by atoms with E-state index in [9.17, 15) is 16.8 Å². The molecule has 0 amide bonds. The summed E-state index contributed by atoms with van der Waals surface area (Å²) in [5.41, 5.74) is 7.96. The van der Waals surface area contributed by atoms with Crippen LogP contribution in [0.25, 0.3) is 49.9 Å². The predicted octanol–water partition coefficient (Wildman–Crippen LogP) is 15.6. The fourth-order valence-corrected chi connectivity index (χ4v) is 14.9. The molecule has 3 aliphatic rings. The summed E-state index contributed by atoms with van der Waals surface area (Å²) < 4.78 is 72.3. The van der Waals surface area contributed by atoms with Crippen LogP contribution in [0.2, 0.25) is 0 Å². The average molecular weight is 1310 g/mol. The quantitative estimate of drug-likeness (QED) is 0.134. The van der Waals surface area contributed by atoms with Crippen molar-refractivity contribution in [2.24, 2.45) is 35.8 Å². The van der Waals surface area contributed by atoms with E-state index in [1.54, 1.807) is 101 Å². The van der Waals surface area contributed by atoms with Crippen molar-refractivity contribution < 1.29 is 46.6 Å². The van der Waals surface area contributed by atoms with Crippen LogP contribution in [0.5, 0.6) is 0 Å². The van der Waals surface area contributed by atoms with E-state index in [1.165, 1.54) is 25.4 Å². The molecule has 6 aromatic heterocycles. The molecule has 0 radical (unpaired) electrons. The zero-order valence-corrected chi connectivity index (χ0v) is 52.4. The molecule has 0 atom stereocenters. The number of benzene rings is 2. The van der Waals surface area contributed by atoms with E-state index in [4.69, 9.17) is 14.3 Å². The SMILES string of the molecule is C.C.C.CC1(C)C=C(B2OC(C)(C)C(C)(C)O2)CC(C)(C)C1.Cn1cc(-c2cn(S(=O)(=O)c3ccccc3)c3ncc(Br)cc23)cn1.Cn1cc(-c2cn(S(=O)(=O)c3ccccc3)c3ncc(C4=CC(C)(C)CC(C)(C)C4)cc23)cn1.[Pd]. The van der Waals surface area contributed by atoms with Crippen molar-refractivity contribution in [2.45, 2.75) is 152 Å². The van der Waals surface area contributed by atoms with Crippen LogP contribution in [0.4, 0.5) is 0 Å². The molecule has 2 aromatic carbocycles. The number of rotatable bonds is 8. The first-order valence-electron chi connectivity index (χ1n) is 26.3. The van der Waals surface area contributed by atoms with Crippen molar-refractivity contribution in [2.75, 3.05) is 0 Å². The summed E-state index contributed by atoms with van der Waals surface area (Å²) in [4.78, 5) is 9.50. The molecule has 0 bridgehead atoms. The maximum atomic E-state index is 13.5. The van der Waals surface area contributed by atoms with Gasteiger partial charge in [0, 0.05) is 109 Å². The molecule has 8 aromatic rings. The maximum Gasteiger partial charge on any atom is 0.490 e. The van der Waals surface area contributed by atoms with Crippen LogP contribution >= 0.6 is 15.9 Å². The van der Waals surface area contributed by atoms with E-state index in [0.29, 0.717) is 16.7 Å². The van der Waals surface area contributed by atoms with Gasteiger partial charge in [-0.15, -0.1) is 0 Å². The minimum atomic E-state index is -3.81. The molecule has 19 heteroatoms. The fourth-order valence-electron chi connectivity index (χ4n) is 11.8. The molecule has 0 unspecified atom stereocenters. The first-order chi connectivity index (χ1) is 36.3. The molecule has 0 spiro atoms. The first-order valence-corrected chi connectivity index (χ1v) is 30.0. The number of nitrogens with zero attached hydrogens (tertiary/aromatic N) is 8. The number of aryl methyl sites for hydroxylation is 2. The number of allylic oxidation sites excluding steroid dienone is 4. The molecule has 1 aliphatic heterocycles. The minimum Gasteiger partial charge on any atom is -0.400 e. The minimum absolute atomic E-state index is 0. The van der Waals surface area contributed by atoms with E-state index in [0.717, 1.165) is 62.3 Å². The van der Waals surface area contributed by atoms with Gasteiger partial charge >= 0.3 is 7.12 Å². The van der Waals surface area contributed by atoms with E-state index in [-0.39, 0.29) is 87.1 Å². The van der Waals surface area contributed by atoms with Crippen LogP contribution < -0.4 is 0 Å². The Morgan fingerprint density at radius 2 is 0.951 bits per heavy atom. The van der Waals surface area contributed by atoms with Gasteiger partial charge in [0.25, 0.3) is 20.0 Å². The van der Waals surface area contributed by atoms with Gasteiger partial charge < -0.3 is 9.31 Å². The molecule has 1 fully saturated rings. The van der Waals surface area contributed by atoms with Crippen LogP contribution in [0.1, 0.15) is 137 Å². The number of hydrogen-bond donors (Lipinski definition) is 0. The van der Waals surface area contributed by atoms with Crippen LogP contribution in [0.3, 0.4) is 0 Å². The summed E-state index contributed by atoms with van der Waals surface area (Å²) in [6.07, 6.45) is 22.9. The third kappa shape index (κ3) is 14.1. The number of aromatic nitrogens is 8. The zero-order valence-electron chi connectivity index (χ0n) is 47.6. The Kier molecular flexibility index (Phi) is 20.1. The predicted molar refractivity (Wildman–Crippen MR) is 336 cm³/mol. The van der Waals surface area contributed by atoms with Gasteiger partial charge in [0.15, 0.2) is 11.3 Å². The second-order valence-corrected chi connectivity index (χ2v) is 29.8. The zero-order chi connectivity index (χ0) is 56.6. The fraction of sp³-hybridized carbons (Fsp3) is 0.429. The van der Waals surface area contributed by atoms with Crippen molar-refractivity contribution in [1.82, 2.24) is 37.5 Å². The Morgan fingerprint density at radius 3 is 1.37 bits per heavy atom. The van der Waals surface area contributed by atoms with E-state index < -0.39 is 20.0 Å². The van der Waals surface area contributed by atoms with Crippen LogP contribution in [-0.2, 0) is 63.9 Å². The smallest absolute Gasteiger partial charge is 0.400 e. The van der Waals surface area contributed by atoms with E-state index >= 15 is 0 Å². The molecule has 1 saturated heterocycles. The Balaban J connectivity index is 0.000000229. The van der Waals surface area contributed by atoms with Crippen LogP contribution in [-0.4, -0.2) is 72.6 Å². The molecular weight excluding hydrogens is 1230 g/mol. The molecular formula is C63H84BBrN8O6PdS2. The normalized spacial score (nSPS) is 18.2. The molecule has 2 aliphatic carbocycles. The van der Waals surface area contributed by atoms with Gasteiger partial charge in [0.2, 0.25) is 0 Å². The van der Waals surface area contributed by atoms with E-state index in [2.05, 4.69) is 132 Å². The maximum absolute atomic E-state index is 13.5. The van der Waals surface area contributed by atoms with Crippen molar-refractivity contribution in [1.29, 1.82) is 0 Å². The number of halogens is 1. The van der Waals surface area contributed by atoms with Gasteiger partial charge in [-0.25, -0.2) is 34.7 Å². The molecule has 7 heterocycles. The summed E-state index contributed by atoms with van der Waals surface area (Å²) >= 11 is 3.41. The number of fused-ring (bicyclic) bond motifs is 2. The van der Waals surface area contributed by atoms with Gasteiger partial charge in [0.05, 0.1) is 33.4 Å². The number of pyridine rings is 2. The van der Waals surface area contributed by atoms with Crippen molar-refractivity contribution in [3.8, 4) is 22.3 Å². The van der Waals surface area contributed by atoms with Gasteiger partial charge in [-0.3, -0.25) is 9.36 Å². The molecule has 14 nitrogen and oxygen atoms in total. The summed E-state index contributed by atoms with van der Waals surface area (Å²) in [6.45, 7) is 26.9. The molecule has 82 heavy (non-hydrogen) atoms. The standard InChI is InChI=1S/C27H30N4O2S.C17H13BrN4O2S.C16H29BO2.3CH4.Pd/c1-26(2)12-20(13-27(3,4)18-26)19-11-23-24(21-15-29-30(5)16-21)17-31(25(23)28-14-19)34(32,33)22-9-7-6-8-10-22;1-21-10-12(8-20-21)16-11-22(17-15(16)7-13(18)9-19-17)25(23,24)14-5-3-2-4-6-14;1-13(2)9-12(10-14(3,4)11-13)17-18-15(5,6)16(7,8)19-17;;;;/h6-12,14-17H,13,18H2,1-5H3;2-11H,1H3;9H,10-11H2,1-8H3;3*1H4;. The van der Waals surface area contributed by atoms with Gasteiger partial charge in [-0.05, 0) is 144 Å². The summed E-state index contributed by atoms with van der Waals surface area (Å²) in [5.74, 6) is 0. The second kappa shape index (κ2) is 24.4. The topological polar surface area (TPSA) is 158 Å². The van der Waals surface area contributed by atoms with E-state index in [1.807, 2.05) is 38.8 Å². The van der Waals surface area contributed by atoms with Gasteiger partial charge in [-0.1, -0.05) is 126 Å². The Morgan fingerprint density at radius 1 is 0.537 bits per heavy atom. The average Bonchev–Trinajstić information content (AvgIpc) is 3.77. The molecule has 444 valence electrons. The Hall–Kier alpha value is -5.25. The molecule has 0 saturated carbocycles. The Bertz CT molecular complexity index is 3840. The van der Waals surface area contributed by atoms with Crippen LogP contribution in [0, 0.1) is 21.7 Å². The Labute approximate surface area is 511 Å². The summed E-state index contributed by atoms with van der Waals surface area (Å²) in [7, 11) is -4.06. The van der Waals surface area contributed by atoms with Crippen molar-refractivity contribution in [3.63, 3.8) is 0 Å². The molecule has 11 rings (SSSR count). The van der Waals surface area contributed by atoms with Crippen LogP contribution in [0.15, 0.2) is 154 Å². The number of hydrogen-bond acceptors (Lipinski definition) is 10. The first kappa shape index (κ1) is 67.5. The second-order valence-electron chi connectivity index (χ2n) is 25.2. The largest absolute Gasteiger partial charge is 0.490 e. The summed E-state index contributed by atoms with van der Waals surface area (Å²) in [5, 5.41) is 10.0. The third-order valence-corrected chi connectivity index (χ3v) is 18.9. The van der Waals surface area contributed by atoms with Crippen molar-refractivity contribution >= 4 is 70.7 Å². The van der Waals surface area contributed by atoms with Crippen molar-refractivity contribution in [3.05, 3.63) is 150 Å².